The maximum Gasteiger partial charge on any atom is 0.303 e. The van der Waals surface area contributed by atoms with Crippen molar-refractivity contribution < 1.29 is 15.0 Å². The Kier molecular flexibility index (Phi) is 5.78. The molecule has 4 heteroatoms. The van der Waals surface area contributed by atoms with Crippen molar-refractivity contribution in [3.05, 3.63) is 24.3 Å². The van der Waals surface area contributed by atoms with Gasteiger partial charge in [-0.25, -0.2) is 0 Å². The van der Waals surface area contributed by atoms with Gasteiger partial charge in [0.25, 0.3) is 0 Å². The summed E-state index contributed by atoms with van der Waals surface area (Å²) in [5.41, 5.74) is 0. The molecular formula is C14H21NO3. The highest BCUT2D eigenvalue weighted by Gasteiger charge is 2.18. The predicted molar refractivity (Wildman–Crippen MR) is 71.8 cm³/mol. The van der Waals surface area contributed by atoms with Crippen molar-refractivity contribution in [2.45, 2.75) is 38.8 Å². The Morgan fingerprint density at radius 1 is 1.44 bits per heavy atom. The Balaban J connectivity index is 2.59. The third-order valence-electron chi connectivity index (χ3n) is 3.17. The van der Waals surface area contributed by atoms with Crippen molar-refractivity contribution in [2.75, 3.05) is 0 Å². The summed E-state index contributed by atoms with van der Waals surface area (Å²) in [4.78, 5) is 15.1. The number of allylic oxidation sites excluding steroid dienone is 2. The van der Waals surface area contributed by atoms with Crippen molar-refractivity contribution in [3.8, 4) is 0 Å². The molecule has 0 heterocycles. The maximum atomic E-state index is 10.7. The van der Waals surface area contributed by atoms with Crippen LogP contribution in [-0.4, -0.2) is 34.5 Å². The van der Waals surface area contributed by atoms with Gasteiger partial charge in [0.05, 0.1) is 12.1 Å². The molecule has 2 N–H and O–H groups in total. The van der Waals surface area contributed by atoms with E-state index in [1.54, 1.807) is 18.4 Å². The molecule has 0 fully saturated rings. The molecule has 4 unspecified atom stereocenters. The number of aliphatic imine (C=N–C) groups is 1. The SMILES string of the molecule is CCC(N=CC1C=CC=CC1O)C(C)CC(=O)O. The molecule has 0 spiro atoms. The number of rotatable bonds is 6. The van der Waals surface area contributed by atoms with Gasteiger partial charge in [0, 0.05) is 18.6 Å². The zero-order valence-corrected chi connectivity index (χ0v) is 10.9. The lowest BCUT2D eigenvalue weighted by atomic mass is 9.95. The van der Waals surface area contributed by atoms with Gasteiger partial charge in [-0.15, -0.1) is 0 Å². The molecule has 1 aliphatic rings. The fourth-order valence-corrected chi connectivity index (χ4v) is 2.03. The number of aliphatic hydroxyl groups excluding tert-OH is 1. The van der Waals surface area contributed by atoms with Gasteiger partial charge in [0.2, 0.25) is 0 Å². The predicted octanol–water partition coefficient (Wildman–Crippen LogP) is 2.05. The molecular weight excluding hydrogens is 230 g/mol. The maximum absolute atomic E-state index is 10.7. The monoisotopic (exact) mass is 251 g/mol. The summed E-state index contributed by atoms with van der Waals surface area (Å²) in [6.07, 6.45) is 9.42. The molecule has 0 saturated carbocycles. The van der Waals surface area contributed by atoms with Gasteiger partial charge in [-0.1, -0.05) is 38.2 Å². The number of hydrogen-bond acceptors (Lipinski definition) is 3. The van der Waals surface area contributed by atoms with E-state index in [1.165, 1.54) is 0 Å². The summed E-state index contributed by atoms with van der Waals surface area (Å²) in [7, 11) is 0. The number of carboxylic acids is 1. The van der Waals surface area contributed by atoms with E-state index in [1.807, 2.05) is 26.0 Å². The largest absolute Gasteiger partial charge is 0.481 e. The molecule has 1 rings (SSSR count). The Bertz CT molecular complexity index is 360. The van der Waals surface area contributed by atoms with E-state index in [9.17, 15) is 9.90 Å². The Morgan fingerprint density at radius 2 is 2.11 bits per heavy atom. The lowest BCUT2D eigenvalue weighted by Crippen LogP contribution is -2.22. The van der Waals surface area contributed by atoms with Crippen LogP contribution in [0.4, 0.5) is 0 Å². The van der Waals surface area contributed by atoms with Crippen LogP contribution in [-0.2, 0) is 4.79 Å². The first-order chi connectivity index (χ1) is 8.54. The van der Waals surface area contributed by atoms with E-state index in [-0.39, 0.29) is 24.3 Å². The van der Waals surface area contributed by atoms with Crippen LogP contribution in [0.3, 0.4) is 0 Å². The van der Waals surface area contributed by atoms with Gasteiger partial charge in [0.15, 0.2) is 0 Å². The number of carboxylic acid groups (broad SMARTS) is 1. The normalized spacial score (nSPS) is 26.4. The minimum Gasteiger partial charge on any atom is -0.481 e. The molecule has 0 saturated heterocycles. The van der Waals surface area contributed by atoms with E-state index in [0.29, 0.717) is 0 Å². The van der Waals surface area contributed by atoms with E-state index in [2.05, 4.69) is 4.99 Å². The Labute approximate surface area is 108 Å². The van der Waals surface area contributed by atoms with Crippen molar-refractivity contribution in [3.63, 3.8) is 0 Å². The standard InChI is InChI=1S/C14H21NO3/c1-3-12(10(2)8-14(17)18)15-9-11-6-4-5-7-13(11)16/h4-7,9-13,16H,3,8H2,1-2H3,(H,17,18). The van der Waals surface area contributed by atoms with Crippen LogP contribution < -0.4 is 0 Å². The van der Waals surface area contributed by atoms with Gasteiger partial charge in [-0.2, -0.15) is 0 Å². The highest BCUT2D eigenvalue weighted by Crippen LogP contribution is 2.17. The average Bonchev–Trinajstić information content (AvgIpc) is 2.31. The van der Waals surface area contributed by atoms with Gasteiger partial charge < -0.3 is 10.2 Å². The minimum atomic E-state index is -0.795. The summed E-state index contributed by atoms with van der Waals surface area (Å²) >= 11 is 0. The lowest BCUT2D eigenvalue weighted by molar-refractivity contribution is -0.138. The van der Waals surface area contributed by atoms with Crippen LogP contribution in [0.25, 0.3) is 0 Å². The van der Waals surface area contributed by atoms with Gasteiger partial charge in [-0.05, 0) is 12.3 Å². The second-order valence-electron chi connectivity index (χ2n) is 4.69. The summed E-state index contributed by atoms with van der Waals surface area (Å²) in [6, 6.07) is -0.00685. The van der Waals surface area contributed by atoms with Crippen molar-refractivity contribution in [2.24, 2.45) is 16.8 Å². The topological polar surface area (TPSA) is 69.9 Å². The van der Waals surface area contributed by atoms with Crippen molar-refractivity contribution in [1.82, 2.24) is 0 Å². The molecule has 100 valence electrons. The average molecular weight is 251 g/mol. The summed E-state index contributed by atoms with van der Waals surface area (Å²) in [5.74, 6) is -0.901. The van der Waals surface area contributed by atoms with Crippen LogP contribution in [0.1, 0.15) is 26.7 Å². The second kappa shape index (κ2) is 7.11. The molecule has 0 radical (unpaired) electrons. The molecule has 18 heavy (non-hydrogen) atoms. The number of aliphatic hydroxyl groups is 1. The molecule has 0 amide bonds. The van der Waals surface area contributed by atoms with Crippen LogP contribution in [0, 0.1) is 11.8 Å². The fourth-order valence-electron chi connectivity index (χ4n) is 2.03. The van der Waals surface area contributed by atoms with Crippen LogP contribution in [0.2, 0.25) is 0 Å². The third-order valence-corrected chi connectivity index (χ3v) is 3.17. The lowest BCUT2D eigenvalue weighted by Gasteiger charge is -2.19. The van der Waals surface area contributed by atoms with E-state index in [4.69, 9.17) is 5.11 Å². The molecule has 0 aromatic rings. The van der Waals surface area contributed by atoms with Gasteiger partial charge in [-0.3, -0.25) is 9.79 Å². The first kappa shape index (κ1) is 14.6. The van der Waals surface area contributed by atoms with Crippen molar-refractivity contribution in [1.29, 1.82) is 0 Å². The van der Waals surface area contributed by atoms with E-state index in [0.717, 1.165) is 6.42 Å². The third kappa shape index (κ3) is 4.45. The molecule has 0 bridgehead atoms. The van der Waals surface area contributed by atoms with E-state index >= 15 is 0 Å². The van der Waals surface area contributed by atoms with Crippen LogP contribution in [0.5, 0.6) is 0 Å². The number of carbonyl (C=O) groups is 1. The molecule has 4 nitrogen and oxygen atoms in total. The summed E-state index contributed by atoms with van der Waals surface area (Å²) in [6.45, 7) is 3.89. The van der Waals surface area contributed by atoms with Crippen LogP contribution in [0.15, 0.2) is 29.3 Å². The zero-order chi connectivity index (χ0) is 13.5. The van der Waals surface area contributed by atoms with Gasteiger partial charge in [0.1, 0.15) is 0 Å². The molecule has 0 aromatic carbocycles. The smallest absolute Gasteiger partial charge is 0.303 e. The first-order valence-corrected chi connectivity index (χ1v) is 6.32. The Morgan fingerprint density at radius 3 is 2.67 bits per heavy atom. The van der Waals surface area contributed by atoms with Crippen LogP contribution >= 0.6 is 0 Å². The van der Waals surface area contributed by atoms with E-state index < -0.39 is 12.1 Å². The first-order valence-electron chi connectivity index (χ1n) is 6.32. The molecule has 1 aliphatic carbocycles. The second-order valence-corrected chi connectivity index (χ2v) is 4.69. The molecule has 4 atom stereocenters. The number of nitrogens with zero attached hydrogens (tertiary/aromatic N) is 1. The highest BCUT2D eigenvalue weighted by molar-refractivity contribution is 5.68. The minimum absolute atomic E-state index is 0.00371. The van der Waals surface area contributed by atoms with Gasteiger partial charge >= 0.3 is 5.97 Å². The Hall–Kier alpha value is -1.42. The summed E-state index contributed by atoms with van der Waals surface area (Å²) in [5, 5.41) is 18.5. The molecule has 0 aromatic heterocycles. The van der Waals surface area contributed by atoms with Crippen molar-refractivity contribution >= 4 is 12.2 Å². The zero-order valence-electron chi connectivity index (χ0n) is 10.9. The fraction of sp³-hybridized carbons (Fsp3) is 0.571. The molecule has 0 aliphatic heterocycles. The number of hydrogen-bond donors (Lipinski definition) is 2. The quantitative estimate of drug-likeness (QED) is 0.710. The number of aliphatic carboxylic acids is 1. The summed E-state index contributed by atoms with van der Waals surface area (Å²) < 4.78 is 0. The highest BCUT2D eigenvalue weighted by atomic mass is 16.4.